The lowest BCUT2D eigenvalue weighted by atomic mass is 9.83. The molecule has 2 aromatic rings. The maximum Gasteiger partial charge on any atom is 0.339 e. The van der Waals surface area contributed by atoms with E-state index in [4.69, 9.17) is 33.2 Å². The van der Waals surface area contributed by atoms with Crippen LogP contribution in [0.1, 0.15) is 30.9 Å². The van der Waals surface area contributed by atoms with E-state index < -0.39 is 23.8 Å². The van der Waals surface area contributed by atoms with E-state index in [1.54, 1.807) is 24.3 Å². The normalized spacial score (nSPS) is 15.0. The minimum Gasteiger partial charge on any atom is -0.497 e. The third-order valence-electron chi connectivity index (χ3n) is 5.23. The van der Waals surface area contributed by atoms with E-state index >= 15 is 0 Å². The Balaban J connectivity index is 2.01. The number of carbonyl (C=O) groups is 3. The van der Waals surface area contributed by atoms with Gasteiger partial charge in [0.1, 0.15) is 23.9 Å². The monoisotopic (exact) mass is 470 g/mol. The number of methoxy groups -OCH3 is 2. The van der Waals surface area contributed by atoms with Crippen molar-refractivity contribution in [1.82, 2.24) is 0 Å². The standard InChI is InChI=1S/C24H22O10/c1-12(25)33-18-9-20-19(31-11-32-20)8-16(18)22(15-6-5-14(28-3)7-17(15)29-4)23-21(34-13(2)26)10-30-24(23)27/h5-9,22H,10-11H2,1-4H3. The molecule has 1 atom stereocenters. The largest absolute Gasteiger partial charge is 0.497 e. The topological polar surface area (TPSA) is 116 Å². The summed E-state index contributed by atoms with van der Waals surface area (Å²) < 4.78 is 37.9. The van der Waals surface area contributed by atoms with E-state index in [2.05, 4.69) is 0 Å². The van der Waals surface area contributed by atoms with Crippen molar-refractivity contribution in [3.63, 3.8) is 0 Å². The molecule has 2 heterocycles. The second kappa shape index (κ2) is 9.34. The number of hydrogen-bond donors (Lipinski definition) is 0. The molecule has 1 unspecified atom stereocenters. The lowest BCUT2D eigenvalue weighted by Crippen LogP contribution is -2.16. The van der Waals surface area contributed by atoms with Crippen molar-refractivity contribution in [2.45, 2.75) is 19.8 Å². The summed E-state index contributed by atoms with van der Waals surface area (Å²) in [4.78, 5) is 36.6. The van der Waals surface area contributed by atoms with Crippen LogP contribution in [0.5, 0.6) is 28.7 Å². The van der Waals surface area contributed by atoms with Gasteiger partial charge in [0.25, 0.3) is 0 Å². The van der Waals surface area contributed by atoms with Crippen molar-refractivity contribution in [3.8, 4) is 28.7 Å². The number of benzene rings is 2. The number of cyclic esters (lactones) is 1. The van der Waals surface area contributed by atoms with Crippen LogP contribution in [0.2, 0.25) is 0 Å². The van der Waals surface area contributed by atoms with Crippen LogP contribution in [-0.2, 0) is 23.9 Å². The van der Waals surface area contributed by atoms with Crippen LogP contribution >= 0.6 is 0 Å². The maximum atomic E-state index is 12.9. The third-order valence-corrected chi connectivity index (χ3v) is 5.23. The number of esters is 3. The fraction of sp³-hybridized carbons (Fsp3) is 0.292. The summed E-state index contributed by atoms with van der Waals surface area (Å²) in [5.74, 6) is -0.951. The highest BCUT2D eigenvalue weighted by atomic mass is 16.7. The molecule has 10 heteroatoms. The van der Waals surface area contributed by atoms with E-state index in [1.165, 1.54) is 34.1 Å². The zero-order valence-electron chi connectivity index (χ0n) is 19.0. The van der Waals surface area contributed by atoms with Crippen molar-refractivity contribution in [3.05, 3.63) is 52.8 Å². The zero-order chi connectivity index (χ0) is 24.4. The smallest absolute Gasteiger partial charge is 0.339 e. The van der Waals surface area contributed by atoms with Gasteiger partial charge in [-0.2, -0.15) is 0 Å². The Morgan fingerprint density at radius 1 is 0.853 bits per heavy atom. The average Bonchev–Trinajstić information content (AvgIpc) is 3.40. The van der Waals surface area contributed by atoms with Crippen molar-refractivity contribution in [1.29, 1.82) is 0 Å². The van der Waals surface area contributed by atoms with Crippen molar-refractivity contribution < 1.29 is 47.5 Å². The van der Waals surface area contributed by atoms with Gasteiger partial charge < -0.3 is 33.2 Å². The van der Waals surface area contributed by atoms with Gasteiger partial charge in [0.2, 0.25) is 6.79 Å². The zero-order valence-corrected chi connectivity index (χ0v) is 19.0. The molecule has 0 aromatic heterocycles. The molecule has 10 nitrogen and oxygen atoms in total. The highest BCUT2D eigenvalue weighted by molar-refractivity contribution is 5.95. The van der Waals surface area contributed by atoms with Crippen LogP contribution in [0.15, 0.2) is 41.7 Å². The molecule has 0 saturated heterocycles. The summed E-state index contributed by atoms with van der Waals surface area (Å²) in [6.07, 6.45) is 0. The molecule has 0 bridgehead atoms. The van der Waals surface area contributed by atoms with Crippen LogP contribution in [0.4, 0.5) is 0 Å². The number of carbonyl (C=O) groups excluding carboxylic acids is 3. The van der Waals surface area contributed by atoms with Crippen molar-refractivity contribution in [2.24, 2.45) is 0 Å². The maximum absolute atomic E-state index is 12.9. The summed E-state index contributed by atoms with van der Waals surface area (Å²) in [5, 5.41) is 0. The van der Waals surface area contributed by atoms with Gasteiger partial charge in [-0.25, -0.2) is 4.79 Å². The molecule has 0 N–H and O–H groups in total. The Morgan fingerprint density at radius 2 is 1.56 bits per heavy atom. The number of ether oxygens (including phenoxy) is 7. The Labute approximate surface area is 194 Å². The second-order valence-electron chi connectivity index (χ2n) is 7.38. The van der Waals surface area contributed by atoms with Crippen LogP contribution in [0.3, 0.4) is 0 Å². The summed E-state index contributed by atoms with van der Waals surface area (Å²) >= 11 is 0. The number of fused-ring (bicyclic) bond motifs is 1. The lowest BCUT2D eigenvalue weighted by molar-refractivity contribution is -0.139. The van der Waals surface area contributed by atoms with Gasteiger partial charge in [0.15, 0.2) is 17.3 Å². The fourth-order valence-corrected chi connectivity index (χ4v) is 3.88. The van der Waals surface area contributed by atoms with E-state index in [9.17, 15) is 14.4 Å². The van der Waals surface area contributed by atoms with E-state index in [-0.39, 0.29) is 30.5 Å². The molecule has 34 heavy (non-hydrogen) atoms. The van der Waals surface area contributed by atoms with Gasteiger partial charge in [-0.05, 0) is 12.1 Å². The summed E-state index contributed by atoms with van der Waals surface area (Å²) in [6.45, 7) is 2.24. The first-order valence-corrected chi connectivity index (χ1v) is 10.2. The first kappa shape index (κ1) is 23.0. The minimum absolute atomic E-state index is 0.0156. The first-order chi connectivity index (χ1) is 16.3. The van der Waals surface area contributed by atoms with Crippen LogP contribution in [0, 0.1) is 0 Å². The number of hydrogen-bond acceptors (Lipinski definition) is 10. The molecule has 0 saturated carbocycles. The Bertz CT molecular complexity index is 1200. The molecule has 4 rings (SSSR count). The average molecular weight is 470 g/mol. The summed E-state index contributed by atoms with van der Waals surface area (Å²) in [5.41, 5.74) is 0.946. The highest BCUT2D eigenvalue weighted by Gasteiger charge is 2.39. The molecule has 0 aliphatic carbocycles. The predicted octanol–water partition coefficient (Wildman–Crippen LogP) is 2.86. The van der Waals surface area contributed by atoms with E-state index in [0.29, 0.717) is 34.1 Å². The first-order valence-electron chi connectivity index (χ1n) is 10.2. The third kappa shape index (κ3) is 4.34. The molecule has 0 amide bonds. The van der Waals surface area contributed by atoms with Gasteiger partial charge in [-0.15, -0.1) is 0 Å². The van der Waals surface area contributed by atoms with Crippen LogP contribution < -0.4 is 23.7 Å². The van der Waals surface area contributed by atoms with E-state index in [0.717, 1.165) is 0 Å². The van der Waals surface area contributed by atoms with Gasteiger partial charge in [0, 0.05) is 37.1 Å². The molecule has 0 spiro atoms. The van der Waals surface area contributed by atoms with Gasteiger partial charge in [0.05, 0.1) is 25.7 Å². The molecule has 2 aliphatic rings. The Kier molecular flexibility index (Phi) is 6.31. The molecule has 2 aromatic carbocycles. The van der Waals surface area contributed by atoms with Crippen molar-refractivity contribution in [2.75, 3.05) is 27.6 Å². The van der Waals surface area contributed by atoms with Crippen LogP contribution in [-0.4, -0.2) is 45.5 Å². The molecule has 0 radical (unpaired) electrons. The minimum atomic E-state index is -0.922. The Morgan fingerprint density at radius 3 is 2.21 bits per heavy atom. The summed E-state index contributed by atoms with van der Waals surface area (Å²) in [7, 11) is 2.98. The second-order valence-corrected chi connectivity index (χ2v) is 7.38. The van der Waals surface area contributed by atoms with Gasteiger partial charge >= 0.3 is 17.9 Å². The van der Waals surface area contributed by atoms with Gasteiger partial charge in [-0.1, -0.05) is 6.07 Å². The van der Waals surface area contributed by atoms with Crippen molar-refractivity contribution >= 4 is 17.9 Å². The Hall–Kier alpha value is -4.21. The predicted molar refractivity (Wildman–Crippen MR) is 115 cm³/mol. The lowest BCUT2D eigenvalue weighted by Gasteiger charge is -2.23. The van der Waals surface area contributed by atoms with E-state index in [1.807, 2.05) is 0 Å². The van der Waals surface area contributed by atoms with Gasteiger partial charge in [-0.3, -0.25) is 9.59 Å². The molecule has 0 fully saturated rings. The highest BCUT2D eigenvalue weighted by Crippen LogP contribution is 2.49. The number of rotatable bonds is 7. The SMILES string of the molecule is COc1ccc(C(C2=C(OC(C)=O)COC2=O)c2cc3c(cc2OC(C)=O)OCO3)c(OC)c1. The quantitative estimate of drug-likeness (QED) is 0.442. The molecule has 2 aliphatic heterocycles. The summed E-state index contributed by atoms with van der Waals surface area (Å²) in [6, 6.07) is 8.16. The fourth-order valence-electron chi connectivity index (χ4n) is 3.88. The van der Waals surface area contributed by atoms with Crippen LogP contribution in [0.25, 0.3) is 0 Å². The molecular formula is C24H22O10. The molecule has 178 valence electrons. The molecular weight excluding hydrogens is 448 g/mol.